The molecule has 2 fully saturated rings. The van der Waals surface area contributed by atoms with Crippen LogP contribution < -0.4 is 10.6 Å². The fourth-order valence-electron chi connectivity index (χ4n) is 3.58. The second-order valence-electron chi connectivity index (χ2n) is 6.90. The SMILES string of the molecule is O=C(NCC1CCCO1)C1CCC(C(=O)Nc2ccccc2F)CC1. The number of halogens is 1. The van der Waals surface area contributed by atoms with Gasteiger partial charge < -0.3 is 15.4 Å². The molecule has 25 heavy (non-hydrogen) atoms. The highest BCUT2D eigenvalue weighted by Crippen LogP contribution is 2.30. The molecule has 1 atom stereocenters. The van der Waals surface area contributed by atoms with Gasteiger partial charge in [0.05, 0.1) is 11.8 Å². The fraction of sp³-hybridized carbons (Fsp3) is 0.579. The molecule has 2 amide bonds. The highest BCUT2D eigenvalue weighted by molar-refractivity contribution is 5.92. The van der Waals surface area contributed by atoms with Crippen LogP contribution in [0.15, 0.2) is 24.3 Å². The van der Waals surface area contributed by atoms with Gasteiger partial charge in [-0.15, -0.1) is 0 Å². The summed E-state index contributed by atoms with van der Waals surface area (Å²) in [5.41, 5.74) is 0.212. The molecule has 0 bridgehead atoms. The molecule has 1 saturated heterocycles. The van der Waals surface area contributed by atoms with Crippen molar-refractivity contribution in [1.82, 2.24) is 5.32 Å². The normalized spacial score (nSPS) is 26.2. The van der Waals surface area contributed by atoms with E-state index in [0.29, 0.717) is 32.2 Å². The van der Waals surface area contributed by atoms with Gasteiger partial charge in [0.15, 0.2) is 0 Å². The number of carbonyl (C=O) groups excluding carboxylic acids is 2. The number of hydrogen-bond acceptors (Lipinski definition) is 3. The summed E-state index contributed by atoms with van der Waals surface area (Å²) >= 11 is 0. The lowest BCUT2D eigenvalue weighted by Gasteiger charge is -2.27. The number of para-hydroxylation sites is 1. The van der Waals surface area contributed by atoms with Crippen LogP contribution in [0.5, 0.6) is 0 Å². The molecule has 0 aromatic heterocycles. The van der Waals surface area contributed by atoms with Crippen LogP contribution >= 0.6 is 0 Å². The summed E-state index contributed by atoms with van der Waals surface area (Å²) < 4.78 is 19.1. The van der Waals surface area contributed by atoms with Crippen molar-refractivity contribution < 1.29 is 18.7 Å². The molecule has 1 aliphatic heterocycles. The Morgan fingerprint density at radius 2 is 1.72 bits per heavy atom. The van der Waals surface area contributed by atoms with Gasteiger partial charge >= 0.3 is 0 Å². The molecule has 2 N–H and O–H groups in total. The van der Waals surface area contributed by atoms with Crippen molar-refractivity contribution in [1.29, 1.82) is 0 Å². The first-order valence-corrected chi connectivity index (χ1v) is 9.08. The third-order valence-electron chi connectivity index (χ3n) is 5.13. The van der Waals surface area contributed by atoms with E-state index in [0.717, 1.165) is 19.4 Å². The largest absolute Gasteiger partial charge is 0.376 e. The van der Waals surface area contributed by atoms with Crippen LogP contribution in [0.3, 0.4) is 0 Å². The maximum Gasteiger partial charge on any atom is 0.227 e. The van der Waals surface area contributed by atoms with Gasteiger partial charge in [-0.05, 0) is 50.7 Å². The van der Waals surface area contributed by atoms with Crippen LogP contribution in [0, 0.1) is 17.7 Å². The molecule has 136 valence electrons. The van der Waals surface area contributed by atoms with Gasteiger partial charge in [0.25, 0.3) is 0 Å². The summed E-state index contributed by atoms with van der Waals surface area (Å²) in [6, 6.07) is 6.15. The van der Waals surface area contributed by atoms with Gasteiger partial charge in [-0.25, -0.2) is 4.39 Å². The number of carbonyl (C=O) groups is 2. The molecule has 0 radical (unpaired) electrons. The van der Waals surface area contributed by atoms with Gasteiger partial charge in [0.2, 0.25) is 11.8 Å². The first kappa shape index (κ1) is 17.9. The van der Waals surface area contributed by atoms with Crippen molar-refractivity contribution >= 4 is 17.5 Å². The Balaban J connectivity index is 1.42. The standard InChI is InChI=1S/C19H25FN2O3/c20-16-5-1-2-6-17(16)22-19(24)14-9-7-13(8-10-14)18(23)21-12-15-4-3-11-25-15/h1-2,5-6,13-15H,3-4,7-12H2,(H,21,23)(H,22,24). The molecule has 1 aromatic carbocycles. The summed E-state index contributed by atoms with van der Waals surface area (Å²) in [5, 5.41) is 5.63. The minimum absolute atomic E-state index is 0.0427. The molecule has 1 heterocycles. The van der Waals surface area contributed by atoms with Crippen molar-refractivity contribution in [3.63, 3.8) is 0 Å². The molecule has 1 saturated carbocycles. The molecule has 5 nitrogen and oxygen atoms in total. The number of benzene rings is 1. The van der Waals surface area contributed by atoms with E-state index in [4.69, 9.17) is 4.74 Å². The van der Waals surface area contributed by atoms with E-state index < -0.39 is 5.82 Å². The number of anilines is 1. The zero-order valence-corrected chi connectivity index (χ0v) is 14.3. The lowest BCUT2D eigenvalue weighted by atomic mass is 9.81. The summed E-state index contributed by atoms with van der Waals surface area (Å²) in [6.45, 7) is 1.36. The second-order valence-corrected chi connectivity index (χ2v) is 6.90. The summed E-state index contributed by atoms with van der Waals surface area (Å²) in [6.07, 6.45) is 4.88. The molecule has 1 aliphatic carbocycles. The molecule has 1 aromatic rings. The van der Waals surface area contributed by atoms with E-state index in [2.05, 4.69) is 10.6 Å². The minimum atomic E-state index is -0.432. The van der Waals surface area contributed by atoms with Crippen LogP contribution in [0.2, 0.25) is 0 Å². The van der Waals surface area contributed by atoms with Crippen LogP contribution in [0.4, 0.5) is 10.1 Å². The van der Waals surface area contributed by atoms with E-state index >= 15 is 0 Å². The average molecular weight is 348 g/mol. The Hall–Kier alpha value is -1.95. The predicted molar refractivity (Wildman–Crippen MR) is 92.5 cm³/mol. The Bertz CT molecular complexity index is 608. The number of amides is 2. The molecular formula is C19H25FN2O3. The third kappa shape index (κ3) is 4.78. The Morgan fingerprint density at radius 3 is 2.36 bits per heavy atom. The monoisotopic (exact) mass is 348 g/mol. The van der Waals surface area contributed by atoms with Crippen molar-refractivity contribution in [3.8, 4) is 0 Å². The second kappa shape index (κ2) is 8.43. The maximum absolute atomic E-state index is 13.6. The number of nitrogens with one attached hydrogen (secondary N) is 2. The fourth-order valence-corrected chi connectivity index (χ4v) is 3.58. The molecule has 1 unspecified atom stereocenters. The van der Waals surface area contributed by atoms with Crippen molar-refractivity contribution in [3.05, 3.63) is 30.1 Å². The van der Waals surface area contributed by atoms with Crippen molar-refractivity contribution in [2.75, 3.05) is 18.5 Å². The summed E-state index contributed by atoms with van der Waals surface area (Å²) in [5.74, 6) is -0.745. The van der Waals surface area contributed by atoms with Crippen molar-refractivity contribution in [2.45, 2.75) is 44.6 Å². The van der Waals surface area contributed by atoms with Gasteiger partial charge in [-0.2, -0.15) is 0 Å². The van der Waals surface area contributed by atoms with Gasteiger partial charge in [-0.1, -0.05) is 12.1 Å². The van der Waals surface area contributed by atoms with Gasteiger partial charge in [0, 0.05) is 25.0 Å². The van der Waals surface area contributed by atoms with Crippen LogP contribution in [-0.2, 0) is 14.3 Å². The Kier molecular flexibility index (Phi) is 6.02. The third-order valence-corrected chi connectivity index (χ3v) is 5.13. The maximum atomic E-state index is 13.6. The summed E-state index contributed by atoms with van der Waals surface area (Å²) in [4.78, 5) is 24.6. The molecule has 6 heteroatoms. The van der Waals surface area contributed by atoms with E-state index in [1.54, 1.807) is 18.2 Å². The average Bonchev–Trinajstić information content (AvgIpc) is 3.15. The molecule has 0 spiro atoms. The predicted octanol–water partition coefficient (Wildman–Crippen LogP) is 2.87. The van der Waals surface area contributed by atoms with Gasteiger partial charge in [-0.3, -0.25) is 9.59 Å². The first-order chi connectivity index (χ1) is 12.1. The number of hydrogen-bond donors (Lipinski definition) is 2. The summed E-state index contributed by atoms with van der Waals surface area (Å²) in [7, 11) is 0. The smallest absolute Gasteiger partial charge is 0.227 e. The molecular weight excluding hydrogens is 323 g/mol. The number of ether oxygens (including phenoxy) is 1. The van der Waals surface area contributed by atoms with Gasteiger partial charge in [0.1, 0.15) is 5.82 Å². The Labute approximate surface area is 147 Å². The Morgan fingerprint density at radius 1 is 1.04 bits per heavy atom. The zero-order valence-electron chi connectivity index (χ0n) is 14.3. The highest BCUT2D eigenvalue weighted by atomic mass is 19.1. The van der Waals surface area contributed by atoms with Crippen molar-refractivity contribution in [2.24, 2.45) is 11.8 Å². The minimum Gasteiger partial charge on any atom is -0.376 e. The first-order valence-electron chi connectivity index (χ1n) is 9.08. The van der Waals surface area contributed by atoms with E-state index in [1.165, 1.54) is 6.07 Å². The lowest BCUT2D eigenvalue weighted by Crippen LogP contribution is -2.38. The number of rotatable bonds is 5. The van der Waals surface area contributed by atoms with E-state index in [1.807, 2.05) is 0 Å². The van der Waals surface area contributed by atoms with Crippen LogP contribution in [0.25, 0.3) is 0 Å². The lowest BCUT2D eigenvalue weighted by molar-refractivity contribution is -0.128. The molecule has 3 rings (SSSR count). The van der Waals surface area contributed by atoms with E-state index in [-0.39, 0.29) is 35.4 Å². The topological polar surface area (TPSA) is 67.4 Å². The van der Waals surface area contributed by atoms with E-state index in [9.17, 15) is 14.0 Å². The molecule has 2 aliphatic rings. The van der Waals surface area contributed by atoms with Crippen LogP contribution in [0.1, 0.15) is 38.5 Å². The zero-order chi connectivity index (χ0) is 17.6. The quantitative estimate of drug-likeness (QED) is 0.860. The highest BCUT2D eigenvalue weighted by Gasteiger charge is 2.30. The van der Waals surface area contributed by atoms with Crippen LogP contribution in [-0.4, -0.2) is 31.1 Å².